The molecule has 2 atom stereocenters. The summed E-state index contributed by atoms with van der Waals surface area (Å²) in [4.78, 5) is 0. The van der Waals surface area contributed by atoms with Gasteiger partial charge in [0.2, 0.25) is 0 Å². The lowest BCUT2D eigenvalue weighted by atomic mass is 9.87. The van der Waals surface area contributed by atoms with E-state index in [4.69, 9.17) is 5.14 Å². The molecule has 0 fully saturated rings. The molecule has 2 nitrogen and oxygen atoms in total. The Morgan fingerprint density at radius 3 is 2.30 bits per heavy atom. The van der Waals surface area contributed by atoms with Crippen LogP contribution in [0.4, 0.5) is 13.2 Å². The lowest BCUT2D eigenvalue weighted by molar-refractivity contribution is 0.149. The normalized spacial score (nSPS) is 15.4. The molecule has 0 saturated heterocycles. The van der Waals surface area contributed by atoms with Crippen molar-refractivity contribution >= 4 is 11.0 Å². The van der Waals surface area contributed by atoms with Crippen LogP contribution in [0.25, 0.3) is 0 Å². The highest BCUT2D eigenvalue weighted by atomic mass is 32.2. The van der Waals surface area contributed by atoms with Gasteiger partial charge in [-0.3, -0.25) is 5.14 Å². The van der Waals surface area contributed by atoms with E-state index >= 15 is 0 Å². The SMILES string of the molecule is C[C@H](CC(C)(C)S(N)=O)c1cccc(C(F)F)c1CF. The van der Waals surface area contributed by atoms with Gasteiger partial charge in [0.25, 0.3) is 6.43 Å². The third-order valence-electron chi connectivity index (χ3n) is 3.49. The number of nitrogens with two attached hydrogens (primary N) is 1. The van der Waals surface area contributed by atoms with Crippen LogP contribution in [0.15, 0.2) is 18.2 Å². The molecule has 1 aromatic rings. The van der Waals surface area contributed by atoms with E-state index in [0.717, 1.165) is 0 Å². The quantitative estimate of drug-likeness (QED) is 0.848. The van der Waals surface area contributed by atoms with Crippen molar-refractivity contribution in [1.82, 2.24) is 0 Å². The monoisotopic (exact) mass is 307 g/mol. The first-order valence-corrected chi connectivity index (χ1v) is 7.54. The lowest BCUT2D eigenvalue weighted by Gasteiger charge is -2.27. The van der Waals surface area contributed by atoms with E-state index in [1.165, 1.54) is 12.1 Å². The molecule has 0 aliphatic carbocycles. The zero-order valence-electron chi connectivity index (χ0n) is 11.8. The fraction of sp³-hybridized carbons (Fsp3) is 0.571. The second-order valence-corrected chi connectivity index (χ2v) is 7.21. The van der Waals surface area contributed by atoms with Crippen molar-refractivity contribution in [2.24, 2.45) is 5.14 Å². The summed E-state index contributed by atoms with van der Waals surface area (Å²) in [5.74, 6) is -0.207. The minimum atomic E-state index is -2.70. The van der Waals surface area contributed by atoms with Crippen LogP contribution in [0.1, 0.15) is 56.2 Å². The maximum absolute atomic E-state index is 13.1. The van der Waals surface area contributed by atoms with Crippen LogP contribution < -0.4 is 5.14 Å². The number of alkyl halides is 3. The standard InChI is InChI=1S/C14H20F3NOS/c1-9(7-14(2,3)20(18)19)10-5-4-6-11(13(16)17)12(10)8-15/h4-6,9,13H,7-8,18H2,1-3H3/t9-,20?/m1/s1. The summed E-state index contributed by atoms with van der Waals surface area (Å²) in [6.45, 7) is 4.35. The van der Waals surface area contributed by atoms with Gasteiger partial charge in [-0.15, -0.1) is 0 Å². The van der Waals surface area contributed by atoms with Gasteiger partial charge >= 0.3 is 0 Å². The Kier molecular flexibility index (Phi) is 5.77. The van der Waals surface area contributed by atoms with E-state index in [0.29, 0.717) is 12.0 Å². The number of benzene rings is 1. The van der Waals surface area contributed by atoms with Gasteiger partial charge in [-0.2, -0.15) is 0 Å². The van der Waals surface area contributed by atoms with Crippen LogP contribution in [-0.4, -0.2) is 8.96 Å². The molecule has 114 valence electrons. The number of halogens is 3. The van der Waals surface area contributed by atoms with Gasteiger partial charge in [-0.25, -0.2) is 17.4 Å². The second kappa shape index (κ2) is 6.72. The molecule has 20 heavy (non-hydrogen) atoms. The summed E-state index contributed by atoms with van der Waals surface area (Å²) in [6, 6.07) is 4.38. The van der Waals surface area contributed by atoms with E-state index in [1.807, 2.05) is 0 Å². The largest absolute Gasteiger partial charge is 0.264 e. The Balaban J connectivity index is 3.13. The molecular weight excluding hydrogens is 287 g/mol. The van der Waals surface area contributed by atoms with Crippen molar-refractivity contribution in [3.8, 4) is 0 Å². The van der Waals surface area contributed by atoms with Crippen LogP contribution >= 0.6 is 0 Å². The highest BCUT2D eigenvalue weighted by molar-refractivity contribution is 7.84. The minimum absolute atomic E-state index is 0.0357. The first-order chi connectivity index (χ1) is 9.20. The Morgan fingerprint density at radius 2 is 1.85 bits per heavy atom. The highest BCUT2D eigenvalue weighted by Crippen LogP contribution is 2.34. The summed E-state index contributed by atoms with van der Waals surface area (Å²) in [7, 11) is -1.53. The average Bonchev–Trinajstić information content (AvgIpc) is 2.36. The van der Waals surface area contributed by atoms with Gasteiger partial charge < -0.3 is 0 Å². The van der Waals surface area contributed by atoms with Crippen molar-refractivity contribution in [2.45, 2.75) is 51.0 Å². The van der Waals surface area contributed by atoms with Crippen molar-refractivity contribution in [2.75, 3.05) is 0 Å². The van der Waals surface area contributed by atoms with Gasteiger partial charge in [0.15, 0.2) is 0 Å². The molecule has 1 rings (SSSR count). The Morgan fingerprint density at radius 1 is 1.30 bits per heavy atom. The Hall–Kier alpha value is -0.880. The molecule has 0 radical (unpaired) electrons. The van der Waals surface area contributed by atoms with Crippen LogP contribution in [0.5, 0.6) is 0 Å². The van der Waals surface area contributed by atoms with E-state index in [2.05, 4.69) is 0 Å². The third kappa shape index (κ3) is 3.82. The molecule has 1 aromatic carbocycles. The second-order valence-electron chi connectivity index (χ2n) is 5.51. The number of hydrogen-bond donors (Lipinski definition) is 1. The summed E-state index contributed by atoms with van der Waals surface area (Å²) in [5.41, 5.74) is 0.293. The molecule has 0 saturated carbocycles. The zero-order valence-corrected chi connectivity index (χ0v) is 12.6. The van der Waals surface area contributed by atoms with Crippen LogP contribution in [0.3, 0.4) is 0 Å². The molecule has 0 bridgehead atoms. The summed E-state index contributed by atoms with van der Waals surface area (Å²) < 4.78 is 49.7. The van der Waals surface area contributed by atoms with E-state index in [1.54, 1.807) is 26.8 Å². The molecule has 0 aromatic heterocycles. The van der Waals surface area contributed by atoms with Crippen LogP contribution in [0, 0.1) is 0 Å². The van der Waals surface area contributed by atoms with Crippen molar-refractivity contribution in [3.63, 3.8) is 0 Å². The van der Waals surface area contributed by atoms with E-state index in [9.17, 15) is 17.4 Å². The lowest BCUT2D eigenvalue weighted by Crippen LogP contribution is -2.33. The van der Waals surface area contributed by atoms with Crippen molar-refractivity contribution < 1.29 is 17.4 Å². The molecule has 2 N–H and O–H groups in total. The molecule has 0 aliphatic heterocycles. The zero-order chi connectivity index (χ0) is 15.5. The van der Waals surface area contributed by atoms with Crippen LogP contribution in [-0.2, 0) is 17.7 Å². The van der Waals surface area contributed by atoms with Gasteiger partial charge in [0.1, 0.15) is 6.67 Å². The highest BCUT2D eigenvalue weighted by Gasteiger charge is 2.28. The maximum Gasteiger partial charge on any atom is 0.264 e. The van der Waals surface area contributed by atoms with Crippen LogP contribution in [0.2, 0.25) is 0 Å². The van der Waals surface area contributed by atoms with Gasteiger partial charge in [0.05, 0.1) is 15.7 Å². The predicted octanol–water partition coefficient (Wildman–Crippen LogP) is 3.99. The average molecular weight is 307 g/mol. The molecule has 0 aliphatic rings. The molecule has 0 amide bonds. The van der Waals surface area contributed by atoms with E-state index in [-0.39, 0.29) is 17.0 Å². The number of rotatable bonds is 6. The minimum Gasteiger partial charge on any atom is -0.251 e. The van der Waals surface area contributed by atoms with Gasteiger partial charge in [-0.05, 0) is 37.3 Å². The van der Waals surface area contributed by atoms with Crippen molar-refractivity contribution in [1.29, 1.82) is 0 Å². The fourth-order valence-electron chi connectivity index (χ4n) is 2.37. The molecule has 0 heterocycles. The molecule has 1 unspecified atom stereocenters. The smallest absolute Gasteiger partial charge is 0.251 e. The first kappa shape index (κ1) is 17.2. The fourth-order valence-corrected chi connectivity index (χ4v) is 2.79. The summed E-state index contributed by atoms with van der Waals surface area (Å²) in [5, 5.41) is 5.42. The van der Waals surface area contributed by atoms with Crippen molar-refractivity contribution in [3.05, 3.63) is 34.9 Å². The van der Waals surface area contributed by atoms with E-state index < -0.39 is 28.8 Å². The van der Waals surface area contributed by atoms with Gasteiger partial charge in [0, 0.05) is 5.56 Å². The maximum atomic E-state index is 13.1. The molecule has 0 spiro atoms. The number of hydrogen-bond acceptors (Lipinski definition) is 1. The Labute approximate surface area is 120 Å². The summed E-state index contributed by atoms with van der Waals surface area (Å²) >= 11 is 0. The van der Waals surface area contributed by atoms with Gasteiger partial charge in [-0.1, -0.05) is 25.1 Å². The first-order valence-electron chi connectivity index (χ1n) is 6.32. The topological polar surface area (TPSA) is 43.1 Å². The third-order valence-corrected chi connectivity index (χ3v) is 4.75. The predicted molar refractivity (Wildman–Crippen MR) is 75.7 cm³/mol. The molecule has 6 heteroatoms. The summed E-state index contributed by atoms with van der Waals surface area (Å²) in [6.07, 6.45) is -2.28. The molecular formula is C14H20F3NOS. The Bertz CT molecular complexity index is 491.